The van der Waals surface area contributed by atoms with Gasteiger partial charge >= 0.3 is 6.09 Å². The number of halogens is 1. The zero-order valence-corrected chi connectivity index (χ0v) is 14.3. The first-order chi connectivity index (χ1) is 11.2. The van der Waals surface area contributed by atoms with Gasteiger partial charge in [-0.25, -0.2) is 9.18 Å². The molecule has 1 heterocycles. The van der Waals surface area contributed by atoms with Crippen molar-refractivity contribution in [1.82, 2.24) is 10.2 Å². The number of hydrogen-bond donors (Lipinski definition) is 2. The van der Waals surface area contributed by atoms with Crippen molar-refractivity contribution in [3.63, 3.8) is 0 Å². The molecule has 2 rings (SSSR count). The Balaban J connectivity index is 1.98. The van der Waals surface area contributed by atoms with Crippen LogP contribution in [0.5, 0.6) is 0 Å². The van der Waals surface area contributed by atoms with Crippen LogP contribution in [0.2, 0.25) is 0 Å². The van der Waals surface area contributed by atoms with E-state index in [0.29, 0.717) is 13.1 Å². The van der Waals surface area contributed by atoms with Gasteiger partial charge in [-0.3, -0.25) is 4.79 Å². The number of hydrogen-bond acceptors (Lipinski definition) is 4. The van der Waals surface area contributed by atoms with Gasteiger partial charge in [-0.05, 0) is 51.8 Å². The van der Waals surface area contributed by atoms with E-state index in [1.807, 2.05) is 0 Å². The third kappa shape index (κ3) is 4.84. The highest BCUT2D eigenvalue weighted by Crippen LogP contribution is 2.17. The SMILES string of the molecule is CC(C)(C)OC(=O)N[C@H]1CCCN(C(=O)c2ccc(N)c(F)c2)C1. The second kappa shape index (κ2) is 7.07. The average molecular weight is 337 g/mol. The molecule has 0 unspecified atom stereocenters. The summed E-state index contributed by atoms with van der Waals surface area (Å²) in [6.45, 7) is 6.30. The number of nitrogens with one attached hydrogen (secondary N) is 1. The minimum absolute atomic E-state index is 0.00895. The van der Waals surface area contributed by atoms with Gasteiger partial charge in [-0.15, -0.1) is 0 Å². The lowest BCUT2D eigenvalue weighted by Gasteiger charge is -2.33. The maximum absolute atomic E-state index is 13.5. The fourth-order valence-electron chi connectivity index (χ4n) is 2.60. The second-order valence-electron chi connectivity index (χ2n) is 6.97. The third-order valence-electron chi connectivity index (χ3n) is 3.68. The van der Waals surface area contributed by atoms with Crippen LogP contribution in [0, 0.1) is 5.82 Å². The van der Waals surface area contributed by atoms with Crippen molar-refractivity contribution in [2.75, 3.05) is 18.8 Å². The van der Waals surface area contributed by atoms with E-state index in [2.05, 4.69) is 5.32 Å². The van der Waals surface area contributed by atoms with E-state index in [4.69, 9.17) is 10.5 Å². The van der Waals surface area contributed by atoms with E-state index in [1.165, 1.54) is 12.1 Å². The Morgan fingerprint density at radius 1 is 1.38 bits per heavy atom. The normalized spacial score (nSPS) is 18.2. The lowest BCUT2D eigenvalue weighted by molar-refractivity contribution is 0.0452. The van der Waals surface area contributed by atoms with Gasteiger partial charge in [0.05, 0.1) is 5.69 Å². The number of carbonyl (C=O) groups excluding carboxylic acids is 2. The first kappa shape index (κ1) is 18.0. The molecule has 0 radical (unpaired) electrons. The van der Waals surface area contributed by atoms with Crippen molar-refractivity contribution in [3.05, 3.63) is 29.6 Å². The van der Waals surface area contributed by atoms with Gasteiger partial charge in [-0.1, -0.05) is 0 Å². The Kier molecular flexibility index (Phi) is 5.31. The van der Waals surface area contributed by atoms with Gasteiger partial charge < -0.3 is 20.7 Å². The smallest absolute Gasteiger partial charge is 0.407 e. The maximum atomic E-state index is 13.5. The van der Waals surface area contributed by atoms with E-state index in [1.54, 1.807) is 25.7 Å². The number of anilines is 1. The number of rotatable bonds is 2. The summed E-state index contributed by atoms with van der Waals surface area (Å²) in [6, 6.07) is 3.84. The van der Waals surface area contributed by atoms with Crippen molar-refractivity contribution in [1.29, 1.82) is 0 Å². The van der Waals surface area contributed by atoms with Gasteiger partial charge in [0.15, 0.2) is 0 Å². The zero-order valence-electron chi connectivity index (χ0n) is 14.3. The van der Waals surface area contributed by atoms with Crippen LogP contribution >= 0.6 is 0 Å². The first-order valence-electron chi connectivity index (χ1n) is 7.99. The van der Waals surface area contributed by atoms with Crippen molar-refractivity contribution >= 4 is 17.7 Å². The average Bonchev–Trinajstić information content (AvgIpc) is 2.47. The highest BCUT2D eigenvalue weighted by molar-refractivity contribution is 5.94. The third-order valence-corrected chi connectivity index (χ3v) is 3.68. The summed E-state index contributed by atoms with van der Waals surface area (Å²) in [7, 11) is 0. The van der Waals surface area contributed by atoms with Gasteiger partial charge in [0.25, 0.3) is 5.91 Å². The van der Waals surface area contributed by atoms with Gasteiger partial charge in [0, 0.05) is 24.7 Å². The Labute approximate surface area is 141 Å². The van der Waals surface area contributed by atoms with Crippen LogP contribution in [0.1, 0.15) is 44.0 Å². The first-order valence-corrected chi connectivity index (χ1v) is 7.99. The molecular weight excluding hydrogens is 313 g/mol. The van der Waals surface area contributed by atoms with Crippen LogP contribution in [0.25, 0.3) is 0 Å². The molecule has 0 aromatic heterocycles. The number of nitrogens with two attached hydrogens (primary N) is 1. The number of benzene rings is 1. The summed E-state index contributed by atoms with van der Waals surface area (Å²) in [4.78, 5) is 26.0. The molecule has 1 aromatic carbocycles. The van der Waals surface area contributed by atoms with E-state index < -0.39 is 17.5 Å². The topological polar surface area (TPSA) is 84.7 Å². The number of ether oxygens (including phenoxy) is 1. The van der Waals surface area contributed by atoms with Crippen LogP contribution in [0.4, 0.5) is 14.9 Å². The molecule has 3 N–H and O–H groups in total. The predicted octanol–water partition coefficient (Wildman–Crippen LogP) is 2.54. The Hall–Kier alpha value is -2.31. The highest BCUT2D eigenvalue weighted by atomic mass is 19.1. The highest BCUT2D eigenvalue weighted by Gasteiger charge is 2.27. The fourth-order valence-corrected chi connectivity index (χ4v) is 2.60. The molecule has 2 amide bonds. The van der Waals surface area contributed by atoms with Crippen molar-refractivity contribution in [2.45, 2.75) is 45.3 Å². The molecule has 6 nitrogen and oxygen atoms in total. The number of likely N-dealkylation sites (tertiary alicyclic amines) is 1. The monoisotopic (exact) mass is 337 g/mol. The maximum Gasteiger partial charge on any atom is 0.407 e. The molecule has 1 aliphatic heterocycles. The summed E-state index contributed by atoms with van der Waals surface area (Å²) in [6.07, 6.45) is 1.02. The minimum atomic E-state index is -0.610. The second-order valence-corrected chi connectivity index (χ2v) is 6.97. The molecular formula is C17H24FN3O3. The molecule has 24 heavy (non-hydrogen) atoms. The molecule has 0 saturated carbocycles. The van der Waals surface area contributed by atoms with Crippen LogP contribution in [-0.2, 0) is 4.74 Å². The van der Waals surface area contributed by atoms with Gasteiger partial charge in [0.2, 0.25) is 0 Å². The summed E-state index contributed by atoms with van der Waals surface area (Å²) in [5.41, 5.74) is 5.12. The minimum Gasteiger partial charge on any atom is -0.444 e. The number of piperidine rings is 1. The van der Waals surface area contributed by atoms with E-state index >= 15 is 0 Å². The summed E-state index contributed by atoms with van der Waals surface area (Å²) >= 11 is 0. The summed E-state index contributed by atoms with van der Waals surface area (Å²) in [5.74, 6) is -0.883. The number of amides is 2. The van der Waals surface area contributed by atoms with E-state index in [0.717, 1.165) is 18.9 Å². The Bertz CT molecular complexity index is 628. The number of nitrogens with zero attached hydrogens (tertiary/aromatic N) is 1. The number of carbonyl (C=O) groups is 2. The molecule has 132 valence electrons. The molecule has 1 aliphatic rings. The van der Waals surface area contributed by atoms with E-state index in [-0.39, 0.29) is 23.2 Å². The predicted molar refractivity (Wildman–Crippen MR) is 89.1 cm³/mol. The molecule has 1 aromatic rings. The lowest BCUT2D eigenvalue weighted by Crippen LogP contribution is -2.50. The molecule has 7 heteroatoms. The number of nitrogen functional groups attached to an aromatic ring is 1. The van der Waals surface area contributed by atoms with Crippen LogP contribution in [0.15, 0.2) is 18.2 Å². The fraction of sp³-hybridized carbons (Fsp3) is 0.529. The van der Waals surface area contributed by atoms with Crippen LogP contribution in [0.3, 0.4) is 0 Å². The lowest BCUT2D eigenvalue weighted by atomic mass is 10.0. The van der Waals surface area contributed by atoms with Crippen molar-refractivity contribution in [2.24, 2.45) is 0 Å². The Morgan fingerprint density at radius 2 is 2.08 bits per heavy atom. The van der Waals surface area contributed by atoms with Gasteiger partial charge in [0.1, 0.15) is 11.4 Å². The largest absolute Gasteiger partial charge is 0.444 e. The quantitative estimate of drug-likeness (QED) is 0.812. The van der Waals surface area contributed by atoms with Crippen molar-refractivity contribution < 1.29 is 18.7 Å². The van der Waals surface area contributed by atoms with Crippen LogP contribution < -0.4 is 11.1 Å². The molecule has 1 fully saturated rings. The molecule has 0 spiro atoms. The molecule has 1 atom stereocenters. The standard InChI is InChI=1S/C17H24FN3O3/c1-17(2,3)24-16(23)20-12-5-4-8-21(10-12)15(22)11-6-7-14(19)13(18)9-11/h6-7,9,12H,4-5,8,10,19H2,1-3H3,(H,20,23)/t12-/m0/s1. The van der Waals surface area contributed by atoms with Crippen molar-refractivity contribution in [3.8, 4) is 0 Å². The molecule has 0 aliphatic carbocycles. The number of alkyl carbamates (subject to hydrolysis) is 1. The zero-order chi connectivity index (χ0) is 17.9. The van der Waals surface area contributed by atoms with E-state index in [9.17, 15) is 14.0 Å². The Morgan fingerprint density at radius 3 is 2.71 bits per heavy atom. The molecule has 1 saturated heterocycles. The van der Waals surface area contributed by atoms with Crippen LogP contribution in [-0.4, -0.2) is 41.6 Å². The van der Waals surface area contributed by atoms with Gasteiger partial charge in [-0.2, -0.15) is 0 Å². The summed E-state index contributed by atoms with van der Waals surface area (Å²) in [5, 5.41) is 2.78. The molecule has 0 bridgehead atoms. The summed E-state index contributed by atoms with van der Waals surface area (Å²) < 4.78 is 18.8.